The smallest absolute Gasteiger partial charge is 0.319 e. The van der Waals surface area contributed by atoms with E-state index < -0.39 is 20.5 Å². The number of halogens is 1. The summed E-state index contributed by atoms with van der Waals surface area (Å²) in [6.45, 7) is 13.6. The molecule has 0 saturated carbocycles. The van der Waals surface area contributed by atoms with Crippen molar-refractivity contribution >= 4 is 30.3 Å². The van der Waals surface area contributed by atoms with Crippen LogP contribution in [0.2, 0.25) is 18.1 Å². The van der Waals surface area contributed by atoms with Gasteiger partial charge in [0.05, 0.1) is 51.3 Å². The molecule has 4 rings (SSSR count). The first kappa shape index (κ1) is 32.7. The van der Waals surface area contributed by atoms with Crippen LogP contribution in [0.3, 0.4) is 0 Å². The highest BCUT2D eigenvalue weighted by atomic mass is 79.9. The van der Waals surface area contributed by atoms with Crippen molar-refractivity contribution in [3.63, 3.8) is 0 Å². The number of aromatic nitrogens is 2. The molecule has 2 aromatic rings. The topological polar surface area (TPSA) is 115 Å². The summed E-state index contributed by atoms with van der Waals surface area (Å²) in [4.78, 5) is 24.6. The third kappa shape index (κ3) is 7.27. The highest BCUT2D eigenvalue weighted by molar-refractivity contribution is 9.10. The number of amides is 2. The van der Waals surface area contributed by atoms with Gasteiger partial charge in [-0.15, -0.1) is 0 Å². The van der Waals surface area contributed by atoms with Crippen LogP contribution >= 0.6 is 15.9 Å². The Labute approximate surface area is 258 Å². The van der Waals surface area contributed by atoms with E-state index in [-0.39, 0.29) is 41.1 Å². The van der Waals surface area contributed by atoms with Gasteiger partial charge in [0.1, 0.15) is 6.10 Å². The Balaban J connectivity index is 1.60. The summed E-state index contributed by atoms with van der Waals surface area (Å²) in [5.41, 5.74) is 1.63. The summed E-state index contributed by atoms with van der Waals surface area (Å²) < 4.78 is 24.9. The Morgan fingerprint density at radius 2 is 1.83 bits per heavy atom. The highest BCUT2D eigenvalue weighted by Gasteiger charge is 2.50. The fourth-order valence-corrected chi connectivity index (χ4v) is 6.95. The molecule has 0 aliphatic carbocycles. The number of urea groups is 1. The number of benzene rings is 1. The van der Waals surface area contributed by atoms with Gasteiger partial charge in [-0.05, 0) is 48.7 Å². The normalized spacial score (nSPS) is 25.4. The van der Waals surface area contributed by atoms with Crippen LogP contribution in [-0.2, 0) is 15.8 Å². The van der Waals surface area contributed by atoms with Gasteiger partial charge in [-0.1, -0.05) is 55.8 Å². The largest absolute Gasteiger partial charge is 0.481 e. The van der Waals surface area contributed by atoms with E-state index in [4.69, 9.17) is 18.6 Å². The number of aliphatic hydroxyl groups is 1. The van der Waals surface area contributed by atoms with Crippen LogP contribution in [-0.4, -0.2) is 79.4 Å². The molecule has 2 aliphatic heterocycles. The SMILES string of the molecule is COc1cc([C@@H](O[Si](C)(C)C(C)(C)C)[C@H]2C[C@H]3C[C@@H](O)[C@H](C)[C@@H](COCc4ccc(Br)cc4)N3C(=O)N2)nc(OC)n1. The molecule has 6 atom stereocenters. The van der Waals surface area contributed by atoms with E-state index in [2.05, 4.69) is 65.1 Å². The number of hydrogen-bond acceptors (Lipinski definition) is 8. The first-order valence-electron chi connectivity index (χ1n) is 14.5. The zero-order valence-electron chi connectivity index (χ0n) is 25.9. The highest BCUT2D eigenvalue weighted by Crippen LogP contribution is 2.43. The molecule has 1 aromatic carbocycles. The van der Waals surface area contributed by atoms with E-state index >= 15 is 0 Å². The van der Waals surface area contributed by atoms with E-state index in [0.29, 0.717) is 37.6 Å². The molecule has 1 aromatic heterocycles. The number of methoxy groups -OCH3 is 2. The molecule has 232 valence electrons. The van der Waals surface area contributed by atoms with E-state index in [1.54, 1.807) is 13.2 Å². The number of hydrogen-bond donors (Lipinski definition) is 2. The lowest BCUT2D eigenvalue weighted by Crippen LogP contribution is -2.67. The number of aliphatic hydroxyl groups excluding tert-OH is 1. The fraction of sp³-hybridized carbons (Fsp3) is 0.633. The first-order chi connectivity index (χ1) is 19.7. The second kappa shape index (κ2) is 13.2. The van der Waals surface area contributed by atoms with Crippen molar-refractivity contribution in [1.29, 1.82) is 0 Å². The lowest BCUT2D eigenvalue weighted by atomic mass is 9.80. The van der Waals surface area contributed by atoms with Gasteiger partial charge in [-0.2, -0.15) is 9.97 Å². The van der Waals surface area contributed by atoms with E-state index in [1.807, 2.05) is 36.1 Å². The predicted octanol–water partition coefficient (Wildman–Crippen LogP) is 5.46. The van der Waals surface area contributed by atoms with Crippen molar-refractivity contribution in [1.82, 2.24) is 20.2 Å². The number of carbonyl (C=O) groups is 1. The van der Waals surface area contributed by atoms with Crippen LogP contribution in [0.5, 0.6) is 11.9 Å². The zero-order chi connectivity index (χ0) is 30.8. The number of nitrogens with one attached hydrogen (secondary N) is 1. The third-order valence-corrected chi connectivity index (χ3v) is 14.0. The van der Waals surface area contributed by atoms with Gasteiger partial charge in [0, 0.05) is 22.5 Å². The van der Waals surface area contributed by atoms with Gasteiger partial charge in [-0.25, -0.2) is 4.79 Å². The summed E-state index contributed by atoms with van der Waals surface area (Å²) >= 11 is 3.46. The molecule has 42 heavy (non-hydrogen) atoms. The van der Waals surface area contributed by atoms with Crippen LogP contribution in [0.4, 0.5) is 4.79 Å². The number of nitrogens with zero attached hydrogens (tertiary/aromatic N) is 3. The van der Waals surface area contributed by atoms with Crippen LogP contribution < -0.4 is 14.8 Å². The van der Waals surface area contributed by atoms with Crippen molar-refractivity contribution in [2.24, 2.45) is 5.92 Å². The van der Waals surface area contributed by atoms with Crippen molar-refractivity contribution in [3.8, 4) is 11.9 Å². The molecule has 10 nitrogen and oxygen atoms in total. The Bertz CT molecular complexity index is 1210. The molecule has 2 amide bonds. The molecule has 0 spiro atoms. The quantitative estimate of drug-likeness (QED) is 0.322. The number of ether oxygens (including phenoxy) is 3. The van der Waals surface area contributed by atoms with Crippen molar-refractivity contribution in [3.05, 3.63) is 46.1 Å². The van der Waals surface area contributed by atoms with Crippen molar-refractivity contribution in [2.45, 2.75) is 95.6 Å². The van der Waals surface area contributed by atoms with Crippen molar-refractivity contribution < 1.29 is 28.5 Å². The van der Waals surface area contributed by atoms with E-state index in [9.17, 15) is 9.90 Å². The standard InChI is InChI=1S/C30H45BrN4O6Si/c1-18-24(17-40-16-19-9-11-20(31)12-10-19)35-21(14-25(18)36)13-22(33-29(35)37)27(41-42(7,8)30(2,3)4)23-15-26(38-5)34-28(32-23)39-6/h9-12,15,18,21-22,24-25,27,36H,13-14,16-17H2,1-8H3,(H,33,37)/t18-,21+,22-,24-,25-,27+/m1/s1. The van der Waals surface area contributed by atoms with E-state index in [1.165, 1.54) is 7.11 Å². The minimum atomic E-state index is -2.33. The number of fused-ring (bicyclic) bond motifs is 1. The third-order valence-electron chi connectivity index (χ3n) is 9.00. The molecule has 12 heteroatoms. The van der Waals surface area contributed by atoms with Gasteiger partial charge in [0.25, 0.3) is 0 Å². The molecule has 2 saturated heterocycles. The maximum absolute atomic E-state index is 13.9. The molecule has 2 N–H and O–H groups in total. The number of piperidine rings is 1. The summed E-state index contributed by atoms with van der Waals surface area (Å²) in [7, 11) is 0.721. The zero-order valence-corrected chi connectivity index (χ0v) is 28.5. The maximum Gasteiger partial charge on any atom is 0.319 e. The fourth-order valence-electron chi connectivity index (χ4n) is 5.41. The molecule has 0 radical (unpaired) electrons. The minimum absolute atomic E-state index is 0.0785. The lowest BCUT2D eigenvalue weighted by Gasteiger charge is -2.52. The second-order valence-corrected chi connectivity index (χ2v) is 18.5. The molecule has 2 fully saturated rings. The van der Waals surface area contributed by atoms with Crippen LogP contribution in [0, 0.1) is 5.92 Å². The van der Waals surface area contributed by atoms with Crippen LogP contribution in [0.1, 0.15) is 57.9 Å². The summed E-state index contributed by atoms with van der Waals surface area (Å²) in [6.07, 6.45) is -0.0612. The van der Waals surface area contributed by atoms with E-state index in [0.717, 1.165) is 10.0 Å². The van der Waals surface area contributed by atoms with Gasteiger partial charge < -0.3 is 34.0 Å². The molecule has 2 aliphatic rings. The first-order valence-corrected chi connectivity index (χ1v) is 18.2. The Morgan fingerprint density at radius 1 is 1.14 bits per heavy atom. The monoisotopic (exact) mass is 664 g/mol. The molecular weight excluding hydrogens is 620 g/mol. The number of rotatable bonds is 10. The molecular formula is C30H45BrN4O6Si. The summed E-state index contributed by atoms with van der Waals surface area (Å²) in [6, 6.07) is 8.84. The van der Waals surface area contributed by atoms with Gasteiger partial charge >= 0.3 is 12.0 Å². The van der Waals surface area contributed by atoms with Crippen LogP contribution in [0.25, 0.3) is 0 Å². The Hall–Kier alpha value is -2.25. The minimum Gasteiger partial charge on any atom is -0.481 e. The number of carbonyl (C=O) groups excluding carboxylic acids is 1. The van der Waals surface area contributed by atoms with Crippen LogP contribution in [0.15, 0.2) is 34.8 Å². The second-order valence-electron chi connectivity index (χ2n) is 12.8. The molecule has 0 unspecified atom stereocenters. The average molecular weight is 666 g/mol. The van der Waals surface area contributed by atoms with Gasteiger partial charge in [0.2, 0.25) is 5.88 Å². The van der Waals surface area contributed by atoms with Gasteiger partial charge in [-0.3, -0.25) is 0 Å². The molecule has 0 bridgehead atoms. The lowest BCUT2D eigenvalue weighted by molar-refractivity contribution is -0.0699. The maximum atomic E-state index is 13.9. The predicted molar refractivity (Wildman–Crippen MR) is 166 cm³/mol. The summed E-state index contributed by atoms with van der Waals surface area (Å²) in [5, 5.41) is 14.3. The Morgan fingerprint density at radius 3 is 2.45 bits per heavy atom. The van der Waals surface area contributed by atoms with Crippen molar-refractivity contribution in [2.75, 3.05) is 20.8 Å². The van der Waals surface area contributed by atoms with Gasteiger partial charge in [0.15, 0.2) is 8.32 Å². The Kier molecular flexibility index (Phi) is 10.2. The average Bonchev–Trinajstić information content (AvgIpc) is 2.93. The molecule has 3 heterocycles. The summed E-state index contributed by atoms with van der Waals surface area (Å²) in [5.74, 6) is 0.220.